The molecule has 2 aromatic rings. The van der Waals surface area contributed by atoms with Crippen molar-refractivity contribution in [1.82, 2.24) is 5.32 Å². The highest BCUT2D eigenvalue weighted by atomic mass is 35.5. The molecule has 2 rings (SSSR count). The first-order valence-electron chi connectivity index (χ1n) is 6.91. The summed E-state index contributed by atoms with van der Waals surface area (Å²) in [4.78, 5) is 12.0. The third-order valence-electron chi connectivity index (χ3n) is 3.12. The van der Waals surface area contributed by atoms with E-state index in [-0.39, 0.29) is 5.91 Å². The first kappa shape index (κ1) is 16.2. The Morgan fingerprint density at radius 3 is 2.27 bits per heavy atom. The Balaban J connectivity index is 1.84. The largest absolute Gasteiger partial charge is 0.497 e. The molecule has 1 amide bonds. The van der Waals surface area contributed by atoms with Crippen LogP contribution in [0.25, 0.3) is 0 Å². The molecule has 0 spiro atoms. The molecule has 0 radical (unpaired) electrons. The molecular weight excluding hydrogens is 302 g/mol. The molecular formula is C17H18ClNO3. The minimum atomic E-state index is -0.584. The number of carbonyl (C=O) groups excluding carboxylic acids is 1. The van der Waals surface area contributed by atoms with Crippen LogP contribution in [0, 0.1) is 0 Å². The molecule has 22 heavy (non-hydrogen) atoms. The number of benzene rings is 2. The van der Waals surface area contributed by atoms with Crippen molar-refractivity contribution in [1.29, 1.82) is 0 Å². The Kier molecular flexibility index (Phi) is 5.67. The molecule has 0 bridgehead atoms. The lowest BCUT2D eigenvalue weighted by Gasteiger charge is -2.15. The fraction of sp³-hybridized carbons (Fsp3) is 0.235. The Morgan fingerprint density at radius 1 is 1.09 bits per heavy atom. The van der Waals surface area contributed by atoms with Crippen LogP contribution in [0.2, 0.25) is 5.02 Å². The molecule has 1 atom stereocenters. The summed E-state index contributed by atoms with van der Waals surface area (Å²) in [6, 6.07) is 14.4. The zero-order valence-electron chi connectivity index (χ0n) is 12.5. The number of nitrogens with one attached hydrogen (secondary N) is 1. The molecule has 4 nitrogen and oxygen atoms in total. The summed E-state index contributed by atoms with van der Waals surface area (Å²) in [5.41, 5.74) is 0.993. The highest BCUT2D eigenvalue weighted by Gasteiger charge is 2.14. The summed E-state index contributed by atoms with van der Waals surface area (Å²) in [6.07, 6.45) is -0.584. The maximum atomic E-state index is 12.0. The van der Waals surface area contributed by atoms with Crippen LogP contribution < -0.4 is 14.8 Å². The number of hydrogen-bond acceptors (Lipinski definition) is 3. The van der Waals surface area contributed by atoms with Crippen molar-refractivity contribution in [3.63, 3.8) is 0 Å². The summed E-state index contributed by atoms with van der Waals surface area (Å²) in [5, 5.41) is 3.47. The van der Waals surface area contributed by atoms with Gasteiger partial charge in [-0.3, -0.25) is 4.79 Å². The van der Waals surface area contributed by atoms with E-state index in [0.717, 1.165) is 11.3 Å². The lowest BCUT2D eigenvalue weighted by Crippen LogP contribution is -2.35. The van der Waals surface area contributed by atoms with Crippen LogP contribution >= 0.6 is 11.6 Å². The van der Waals surface area contributed by atoms with Gasteiger partial charge in [-0.25, -0.2) is 0 Å². The molecule has 2 aromatic carbocycles. The van der Waals surface area contributed by atoms with E-state index in [0.29, 0.717) is 17.3 Å². The van der Waals surface area contributed by atoms with Crippen molar-refractivity contribution in [3.8, 4) is 11.5 Å². The fourth-order valence-corrected chi connectivity index (χ4v) is 1.97. The van der Waals surface area contributed by atoms with Crippen LogP contribution in [0.3, 0.4) is 0 Å². The van der Waals surface area contributed by atoms with Gasteiger partial charge in [0.15, 0.2) is 6.10 Å². The zero-order chi connectivity index (χ0) is 15.9. The minimum Gasteiger partial charge on any atom is -0.497 e. The van der Waals surface area contributed by atoms with Gasteiger partial charge in [0.2, 0.25) is 0 Å². The maximum absolute atomic E-state index is 12.0. The van der Waals surface area contributed by atoms with Gasteiger partial charge in [-0.1, -0.05) is 23.7 Å². The van der Waals surface area contributed by atoms with E-state index in [4.69, 9.17) is 21.1 Å². The number of hydrogen-bond donors (Lipinski definition) is 1. The fourth-order valence-electron chi connectivity index (χ4n) is 1.85. The van der Waals surface area contributed by atoms with Crippen LogP contribution in [0.4, 0.5) is 0 Å². The van der Waals surface area contributed by atoms with E-state index >= 15 is 0 Å². The van der Waals surface area contributed by atoms with Crippen LogP contribution in [0.1, 0.15) is 12.5 Å². The molecule has 5 heteroatoms. The number of rotatable bonds is 6. The third kappa shape index (κ3) is 4.67. The topological polar surface area (TPSA) is 47.6 Å². The monoisotopic (exact) mass is 319 g/mol. The molecule has 116 valence electrons. The van der Waals surface area contributed by atoms with Gasteiger partial charge in [0.1, 0.15) is 11.5 Å². The zero-order valence-corrected chi connectivity index (χ0v) is 13.3. The predicted molar refractivity (Wildman–Crippen MR) is 86.4 cm³/mol. The van der Waals surface area contributed by atoms with Crippen LogP contribution in [-0.4, -0.2) is 19.1 Å². The smallest absolute Gasteiger partial charge is 0.261 e. The van der Waals surface area contributed by atoms with Crippen molar-refractivity contribution >= 4 is 17.5 Å². The summed E-state index contributed by atoms with van der Waals surface area (Å²) < 4.78 is 10.7. The van der Waals surface area contributed by atoms with Gasteiger partial charge in [-0.2, -0.15) is 0 Å². The normalized spacial score (nSPS) is 11.6. The quantitative estimate of drug-likeness (QED) is 0.887. The maximum Gasteiger partial charge on any atom is 0.261 e. The van der Waals surface area contributed by atoms with Gasteiger partial charge in [0.05, 0.1) is 7.11 Å². The van der Waals surface area contributed by atoms with Crippen molar-refractivity contribution in [2.24, 2.45) is 0 Å². The van der Waals surface area contributed by atoms with Gasteiger partial charge >= 0.3 is 0 Å². The van der Waals surface area contributed by atoms with Crippen molar-refractivity contribution in [2.75, 3.05) is 7.11 Å². The Labute approximate surface area is 135 Å². The van der Waals surface area contributed by atoms with Crippen molar-refractivity contribution in [3.05, 3.63) is 59.1 Å². The van der Waals surface area contributed by atoms with Gasteiger partial charge in [0, 0.05) is 11.6 Å². The van der Waals surface area contributed by atoms with Crippen LogP contribution in [0.5, 0.6) is 11.5 Å². The van der Waals surface area contributed by atoms with E-state index in [1.165, 1.54) is 0 Å². The highest BCUT2D eigenvalue weighted by molar-refractivity contribution is 6.30. The molecule has 0 heterocycles. The van der Waals surface area contributed by atoms with E-state index in [1.807, 2.05) is 24.3 Å². The summed E-state index contributed by atoms with van der Waals surface area (Å²) in [5.74, 6) is 1.22. The standard InChI is InChI=1S/C17H18ClNO3/c1-12(22-16-9-5-14(18)6-10-16)17(20)19-11-13-3-7-15(21-2)8-4-13/h3-10,12H,11H2,1-2H3,(H,19,20)/t12-/m0/s1. The Hall–Kier alpha value is -2.20. The van der Waals surface area contributed by atoms with E-state index in [9.17, 15) is 4.79 Å². The average molecular weight is 320 g/mol. The van der Waals surface area contributed by atoms with E-state index in [1.54, 1.807) is 38.3 Å². The molecule has 0 aromatic heterocycles. The van der Waals surface area contributed by atoms with Gasteiger partial charge < -0.3 is 14.8 Å². The van der Waals surface area contributed by atoms with Gasteiger partial charge in [0.25, 0.3) is 5.91 Å². The number of carbonyl (C=O) groups is 1. The lowest BCUT2D eigenvalue weighted by molar-refractivity contribution is -0.127. The number of methoxy groups -OCH3 is 1. The first-order chi connectivity index (χ1) is 10.6. The first-order valence-corrected chi connectivity index (χ1v) is 7.29. The van der Waals surface area contributed by atoms with Crippen molar-refractivity contribution in [2.45, 2.75) is 19.6 Å². The second-order valence-electron chi connectivity index (χ2n) is 4.78. The molecule has 0 unspecified atom stereocenters. The second-order valence-corrected chi connectivity index (χ2v) is 5.22. The number of ether oxygens (including phenoxy) is 2. The third-order valence-corrected chi connectivity index (χ3v) is 3.37. The SMILES string of the molecule is COc1ccc(CNC(=O)[C@H](C)Oc2ccc(Cl)cc2)cc1. The summed E-state index contributed by atoms with van der Waals surface area (Å²) in [6.45, 7) is 2.15. The predicted octanol–water partition coefficient (Wildman–Crippen LogP) is 3.43. The molecule has 0 aliphatic heterocycles. The molecule has 0 aliphatic carbocycles. The highest BCUT2D eigenvalue weighted by Crippen LogP contribution is 2.17. The van der Waals surface area contributed by atoms with Gasteiger partial charge in [-0.15, -0.1) is 0 Å². The molecule has 0 fully saturated rings. The van der Waals surface area contributed by atoms with Gasteiger partial charge in [-0.05, 0) is 48.9 Å². The second kappa shape index (κ2) is 7.71. The summed E-state index contributed by atoms with van der Waals surface area (Å²) in [7, 11) is 1.62. The molecule has 0 saturated carbocycles. The molecule has 0 aliphatic rings. The Morgan fingerprint density at radius 2 is 1.68 bits per heavy atom. The summed E-state index contributed by atoms with van der Waals surface area (Å²) >= 11 is 5.81. The number of halogens is 1. The van der Waals surface area contributed by atoms with E-state index in [2.05, 4.69) is 5.32 Å². The van der Waals surface area contributed by atoms with E-state index < -0.39 is 6.10 Å². The Bertz CT molecular complexity index is 611. The minimum absolute atomic E-state index is 0.175. The van der Waals surface area contributed by atoms with Crippen LogP contribution in [-0.2, 0) is 11.3 Å². The van der Waals surface area contributed by atoms with Crippen LogP contribution in [0.15, 0.2) is 48.5 Å². The lowest BCUT2D eigenvalue weighted by atomic mass is 10.2. The average Bonchev–Trinajstić information content (AvgIpc) is 2.55. The van der Waals surface area contributed by atoms with Crippen molar-refractivity contribution < 1.29 is 14.3 Å². The molecule has 1 N–H and O–H groups in total. The molecule has 0 saturated heterocycles. The number of amides is 1.